The van der Waals surface area contributed by atoms with Gasteiger partial charge in [-0.15, -0.1) is 22.7 Å². The molecule has 2 aromatic rings. The number of nitrogens with zero attached hydrogens (tertiary/aromatic N) is 3. The van der Waals surface area contributed by atoms with Crippen LogP contribution in [0.15, 0.2) is 22.5 Å². The van der Waals surface area contributed by atoms with Crippen LogP contribution in [0.2, 0.25) is 0 Å². The number of aliphatic imine (C=N–C) groups is 1. The molecule has 0 spiro atoms. The van der Waals surface area contributed by atoms with Gasteiger partial charge in [-0.1, -0.05) is 13.8 Å². The average Bonchev–Trinajstić information content (AvgIpc) is 3.33. The molecule has 156 valence electrons. The molecule has 0 aliphatic heterocycles. The second kappa shape index (κ2) is 12.2. The highest BCUT2D eigenvalue weighted by Gasteiger charge is 2.08. The van der Waals surface area contributed by atoms with Gasteiger partial charge in [0, 0.05) is 29.9 Å². The van der Waals surface area contributed by atoms with Crippen molar-refractivity contribution in [2.75, 3.05) is 33.2 Å². The maximum absolute atomic E-state index is 4.58. The largest absolute Gasteiger partial charge is 0.356 e. The Morgan fingerprint density at radius 2 is 2.07 bits per heavy atom. The molecule has 0 radical (unpaired) electrons. The molecule has 0 amide bonds. The van der Waals surface area contributed by atoms with Crippen molar-refractivity contribution in [1.29, 1.82) is 0 Å². The Balaban J connectivity index is 1.70. The summed E-state index contributed by atoms with van der Waals surface area (Å²) in [6.45, 7) is 13.1. The minimum atomic E-state index is 0.419. The molecule has 2 heterocycles. The molecule has 0 aliphatic rings. The lowest BCUT2D eigenvalue weighted by molar-refractivity contribution is 0.292. The first-order chi connectivity index (χ1) is 13.5. The van der Waals surface area contributed by atoms with Crippen LogP contribution in [0.5, 0.6) is 0 Å². The van der Waals surface area contributed by atoms with E-state index in [9.17, 15) is 0 Å². The number of hydrogen-bond acceptors (Lipinski definition) is 5. The fourth-order valence-electron chi connectivity index (χ4n) is 3.09. The molecule has 5 nitrogen and oxygen atoms in total. The fourth-order valence-corrected chi connectivity index (χ4v) is 4.75. The van der Waals surface area contributed by atoms with Crippen molar-refractivity contribution in [3.05, 3.63) is 27.4 Å². The quantitative estimate of drug-likeness (QED) is 0.417. The molecule has 7 heteroatoms. The maximum atomic E-state index is 4.58. The Bertz CT molecular complexity index is 718. The Morgan fingerprint density at radius 1 is 1.29 bits per heavy atom. The molecular weight excluding hydrogens is 386 g/mol. The molecule has 2 aromatic heterocycles. The first-order valence-corrected chi connectivity index (χ1v) is 12.0. The third-order valence-corrected chi connectivity index (χ3v) is 6.75. The number of aromatic nitrogens is 1. The summed E-state index contributed by atoms with van der Waals surface area (Å²) < 4.78 is 0. The molecule has 1 atom stereocenters. The lowest BCUT2D eigenvalue weighted by atomic mass is 10.2. The van der Waals surface area contributed by atoms with Gasteiger partial charge in [0.1, 0.15) is 0 Å². The van der Waals surface area contributed by atoms with Crippen molar-refractivity contribution >= 4 is 28.6 Å². The first-order valence-electron chi connectivity index (χ1n) is 10.3. The fraction of sp³-hybridized carbons (Fsp3) is 0.619. The number of rotatable bonds is 11. The zero-order valence-corrected chi connectivity index (χ0v) is 19.6. The van der Waals surface area contributed by atoms with Gasteiger partial charge in [0.25, 0.3) is 0 Å². The highest BCUT2D eigenvalue weighted by atomic mass is 32.1. The number of thiophene rings is 1. The summed E-state index contributed by atoms with van der Waals surface area (Å²) in [4.78, 5) is 14.0. The molecule has 28 heavy (non-hydrogen) atoms. The Kier molecular flexibility index (Phi) is 9.95. The van der Waals surface area contributed by atoms with E-state index in [1.165, 1.54) is 22.7 Å². The number of thiazole rings is 1. The van der Waals surface area contributed by atoms with Gasteiger partial charge < -0.3 is 15.5 Å². The van der Waals surface area contributed by atoms with E-state index >= 15 is 0 Å². The predicted molar refractivity (Wildman–Crippen MR) is 125 cm³/mol. The SMILES string of the molecule is CCN(CC)CCCC(C)NC(=NC)NCCc1ccc(-c2csc(C)n2)s1. The van der Waals surface area contributed by atoms with Gasteiger partial charge in [-0.25, -0.2) is 4.98 Å². The minimum absolute atomic E-state index is 0.419. The molecule has 0 aromatic carbocycles. The predicted octanol–water partition coefficient (Wildman–Crippen LogP) is 4.40. The summed E-state index contributed by atoms with van der Waals surface area (Å²) >= 11 is 3.53. The standard InChI is InChI=1S/C21H35N5S2/c1-6-26(7-2)14-8-9-16(3)24-21(22-5)23-13-12-18-10-11-20(28-18)19-15-27-17(4)25-19/h10-11,15-16H,6-9,12-14H2,1-5H3,(H2,22,23,24). The van der Waals surface area contributed by atoms with E-state index in [1.54, 1.807) is 11.3 Å². The van der Waals surface area contributed by atoms with Crippen LogP contribution in [0, 0.1) is 6.92 Å². The first kappa shape index (κ1) is 22.8. The Hall–Kier alpha value is -1.44. The van der Waals surface area contributed by atoms with Gasteiger partial charge in [0.15, 0.2) is 5.96 Å². The number of guanidine groups is 1. The van der Waals surface area contributed by atoms with Crippen LogP contribution >= 0.6 is 22.7 Å². The summed E-state index contributed by atoms with van der Waals surface area (Å²) in [5.74, 6) is 0.891. The third-order valence-electron chi connectivity index (χ3n) is 4.81. The molecule has 2 N–H and O–H groups in total. The third kappa shape index (κ3) is 7.53. The van der Waals surface area contributed by atoms with Gasteiger partial charge in [-0.3, -0.25) is 4.99 Å². The van der Waals surface area contributed by atoms with Crippen LogP contribution in [-0.2, 0) is 6.42 Å². The number of aryl methyl sites for hydroxylation is 1. The van der Waals surface area contributed by atoms with E-state index in [2.05, 4.69) is 70.7 Å². The highest BCUT2D eigenvalue weighted by Crippen LogP contribution is 2.29. The summed E-state index contributed by atoms with van der Waals surface area (Å²) in [6, 6.07) is 4.81. The van der Waals surface area contributed by atoms with Crippen LogP contribution in [-0.4, -0.2) is 55.1 Å². The smallest absolute Gasteiger partial charge is 0.191 e. The molecule has 0 saturated carbocycles. The van der Waals surface area contributed by atoms with Gasteiger partial charge in [0.2, 0.25) is 0 Å². The lowest BCUT2D eigenvalue weighted by Gasteiger charge is -2.21. The van der Waals surface area contributed by atoms with E-state index < -0.39 is 0 Å². The second-order valence-corrected chi connectivity index (χ2v) is 9.21. The van der Waals surface area contributed by atoms with E-state index in [1.807, 2.05) is 18.4 Å². The van der Waals surface area contributed by atoms with Crippen molar-refractivity contribution < 1.29 is 0 Å². The zero-order valence-electron chi connectivity index (χ0n) is 17.9. The van der Waals surface area contributed by atoms with Crippen molar-refractivity contribution in [2.45, 2.75) is 53.0 Å². The van der Waals surface area contributed by atoms with Crippen LogP contribution in [0.25, 0.3) is 10.6 Å². The summed E-state index contributed by atoms with van der Waals surface area (Å²) in [5, 5.41) is 10.2. The van der Waals surface area contributed by atoms with E-state index in [0.717, 1.165) is 49.1 Å². The average molecular weight is 422 g/mol. The monoisotopic (exact) mass is 421 g/mol. The van der Waals surface area contributed by atoms with Gasteiger partial charge in [-0.05, 0) is 64.9 Å². The Morgan fingerprint density at radius 3 is 2.71 bits per heavy atom. The zero-order chi connectivity index (χ0) is 20.4. The lowest BCUT2D eigenvalue weighted by Crippen LogP contribution is -2.43. The Labute approximate surface area is 178 Å². The van der Waals surface area contributed by atoms with Crippen LogP contribution < -0.4 is 10.6 Å². The molecular formula is C21H35N5S2. The van der Waals surface area contributed by atoms with Gasteiger partial charge >= 0.3 is 0 Å². The van der Waals surface area contributed by atoms with Crippen LogP contribution in [0.1, 0.15) is 43.5 Å². The van der Waals surface area contributed by atoms with Gasteiger partial charge in [-0.2, -0.15) is 0 Å². The molecule has 1 unspecified atom stereocenters. The summed E-state index contributed by atoms with van der Waals surface area (Å²) in [5.41, 5.74) is 1.10. The normalized spacial score (nSPS) is 13.1. The van der Waals surface area contributed by atoms with Crippen molar-refractivity contribution in [1.82, 2.24) is 20.5 Å². The second-order valence-electron chi connectivity index (χ2n) is 6.98. The van der Waals surface area contributed by atoms with E-state index in [-0.39, 0.29) is 0 Å². The van der Waals surface area contributed by atoms with E-state index in [4.69, 9.17) is 0 Å². The van der Waals surface area contributed by atoms with Crippen molar-refractivity contribution in [3.63, 3.8) is 0 Å². The molecule has 0 bridgehead atoms. The number of hydrogen-bond donors (Lipinski definition) is 2. The minimum Gasteiger partial charge on any atom is -0.356 e. The maximum Gasteiger partial charge on any atom is 0.191 e. The van der Waals surface area contributed by atoms with Crippen molar-refractivity contribution in [2.24, 2.45) is 4.99 Å². The van der Waals surface area contributed by atoms with E-state index in [0.29, 0.717) is 6.04 Å². The number of nitrogens with one attached hydrogen (secondary N) is 2. The summed E-state index contributed by atoms with van der Waals surface area (Å²) in [7, 11) is 1.84. The highest BCUT2D eigenvalue weighted by molar-refractivity contribution is 7.16. The van der Waals surface area contributed by atoms with Gasteiger partial charge in [0.05, 0.1) is 15.6 Å². The topological polar surface area (TPSA) is 52.5 Å². The molecule has 2 rings (SSSR count). The molecule has 0 saturated heterocycles. The molecule has 0 fully saturated rings. The molecule has 0 aliphatic carbocycles. The van der Waals surface area contributed by atoms with Crippen molar-refractivity contribution in [3.8, 4) is 10.6 Å². The van der Waals surface area contributed by atoms with Crippen LogP contribution in [0.4, 0.5) is 0 Å². The van der Waals surface area contributed by atoms with Crippen LogP contribution in [0.3, 0.4) is 0 Å². The summed E-state index contributed by atoms with van der Waals surface area (Å²) in [6.07, 6.45) is 3.35.